The minimum Gasteiger partial charge on any atom is -0.465 e. The molecule has 0 aromatic carbocycles. The quantitative estimate of drug-likeness (QED) is 0.135. The molecule has 0 bridgehead atoms. The lowest BCUT2D eigenvalue weighted by molar-refractivity contribution is -0.145. The number of carbonyl (C=O) groups excluding carboxylic acids is 1. The van der Waals surface area contributed by atoms with Crippen molar-refractivity contribution in [3.8, 4) is 0 Å². The molecule has 0 aromatic heterocycles. The number of carbonyl (C=O) groups is 1. The highest BCUT2D eigenvalue weighted by Gasteiger charge is 2.12. The second-order valence-corrected chi connectivity index (χ2v) is 7.89. The predicted molar refractivity (Wildman–Crippen MR) is 109 cm³/mol. The van der Waals surface area contributed by atoms with Gasteiger partial charge in [-0.05, 0) is 31.6 Å². The molecule has 0 radical (unpaired) electrons. The summed E-state index contributed by atoms with van der Waals surface area (Å²) in [5.74, 6) is 0.598. The second-order valence-electron chi connectivity index (χ2n) is 7.10. The van der Waals surface area contributed by atoms with Crippen molar-refractivity contribution in [1.29, 1.82) is 0 Å². The number of ether oxygens (including phenoxy) is 1. The van der Waals surface area contributed by atoms with E-state index in [1.165, 1.54) is 77.0 Å². The minimum absolute atomic E-state index is 0.0181. The number of rotatable bonds is 18. The molecule has 0 aliphatic heterocycles. The van der Waals surface area contributed by atoms with Crippen molar-refractivity contribution in [3.63, 3.8) is 0 Å². The van der Waals surface area contributed by atoms with Crippen molar-refractivity contribution in [2.45, 2.75) is 110 Å². The topological polar surface area (TPSA) is 26.3 Å². The van der Waals surface area contributed by atoms with E-state index in [1.54, 1.807) is 0 Å². The number of unbranched alkanes of at least 4 members (excludes halogenated alkanes) is 9. The Morgan fingerprint density at radius 3 is 2.00 bits per heavy atom. The van der Waals surface area contributed by atoms with Crippen molar-refractivity contribution in [2.75, 3.05) is 11.9 Å². The van der Waals surface area contributed by atoms with E-state index >= 15 is 0 Å². The fourth-order valence-corrected chi connectivity index (χ4v) is 3.43. The Balaban J connectivity index is 3.80. The van der Waals surface area contributed by atoms with Gasteiger partial charge in [-0.15, -0.1) is 0 Å². The fourth-order valence-electron chi connectivity index (χ4n) is 3.03. The SMILES string of the molecule is CCCCCCC(CCCCC)COC(=O)CCCCCCCBr. The number of alkyl halides is 1. The van der Waals surface area contributed by atoms with Crippen molar-refractivity contribution in [1.82, 2.24) is 0 Å². The summed E-state index contributed by atoms with van der Waals surface area (Å²) in [6.45, 7) is 5.15. The molecule has 0 spiro atoms. The predicted octanol–water partition coefficient (Wildman–Crippen LogP) is 7.43. The molecule has 144 valence electrons. The Hall–Kier alpha value is -0.0500. The molecule has 0 saturated heterocycles. The van der Waals surface area contributed by atoms with E-state index in [-0.39, 0.29) is 5.97 Å². The molecule has 0 heterocycles. The number of esters is 1. The first kappa shape index (κ1) is 23.9. The molecular weight excluding hydrogens is 364 g/mol. The molecule has 3 heteroatoms. The smallest absolute Gasteiger partial charge is 0.305 e. The van der Waals surface area contributed by atoms with Crippen molar-refractivity contribution < 1.29 is 9.53 Å². The second kappa shape index (κ2) is 19.3. The first-order valence-electron chi connectivity index (χ1n) is 10.5. The van der Waals surface area contributed by atoms with Crippen LogP contribution in [0.1, 0.15) is 110 Å². The van der Waals surface area contributed by atoms with Crippen LogP contribution in [0.4, 0.5) is 0 Å². The zero-order valence-electron chi connectivity index (χ0n) is 16.3. The van der Waals surface area contributed by atoms with Crippen LogP contribution in [-0.2, 0) is 9.53 Å². The Labute approximate surface area is 159 Å². The third-order valence-electron chi connectivity index (χ3n) is 4.68. The van der Waals surface area contributed by atoms with Gasteiger partial charge in [-0.2, -0.15) is 0 Å². The van der Waals surface area contributed by atoms with Crippen LogP contribution >= 0.6 is 15.9 Å². The summed E-state index contributed by atoms with van der Waals surface area (Å²) in [7, 11) is 0. The summed E-state index contributed by atoms with van der Waals surface area (Å²) in [4.78, 5) is 11.9. The summed E-state index contributed by atoms with van der Waals surface area (Å²) in [6, 6.07) is 0. The molecule has 0 aliphatic rings. The lowest BCUT2D eigenvalue weighted by Gasteiger charge is -2.17. The summed E-state index contributed by atoms with van der Waals surface area (Å²) in [5.41, 5.74) is 0. The average Bonchev–Trinajstić information content (AvgIpc) is 2.59. The largest absolute Gasteiger partial charge is 0.465 e. The summed E-state index contributed by atoms with van der Waals surface area (Å²) >= 11 is 3.45. The summed E-state index contributed by atoms with van der Waals surface area (Å²) in [6.07, 6.45) is 18.0. The van der Waals surface area contributed by atoms with Crippen LogP contribution < -0.4 is 0 Å². The minimum atomic E-state index is 0.0181. The van der Waals surface area contributed by atoms with Crippen LogP contribution in [0.15, 0.2) is 0 Å². The van der Waals surface area contributed by atoms with Crippen molar-refractivity contribution in [2.24, 2.45) is 5.92 Å². The monoisotopic (exact) mass is 404 g/mol. The van der Waals surface area contributed by atoms with Gasteiger partial charge in [0.05, 0.1) is 6.61 Å². The maximum absolute atomic E-state index is 11.9. The van der Waals surface area contributed by atoms with Gasteiger partial charge in [0.1, 0.15) is 0 Å². The van der Waals surface area contributed by atoms with Gasteiger partial charge >= 0.3 is 5.97 Å². The van der Waals surface area contributed by atoms with Crippen molar-refractivity contribution >= 4 is 21.9 Å². The van der Waals surface area contributed by atoms with E-state index in [4.69, 9.17) is 4.74 Å². The van der Waals surface area contributed by atoms with Crippen LogP contribution in [0.3, 0.4) is 0 Å². The van der Waals surface area contributed by atoms with E-state index in [9.17, 15) is 4.79 Å². The Morgan fingerprint density at radius 1 is 0.792 bits per heavy atom. The van der Waals surface area contributed by atoms with Gasteiger partial charge in [-0.3, -0.25) is 4.79 Å². The van der Waals surface area contributed by atoms with Gasteiger partial charge < -0.3 is 4.74 Å². The lowest BCUT2D eigenvalue weighted by atomic mass is 9.95. The number of hydrogen-bond acceptors (Lipinski definition) is 2. The summed E-state index contributed by atoms with van der Waals surface area (Å²) in [5, 5.41) is 1.09. The molecule has 0 N–H and O–H groups in total. The maximum atomic E-state index is 11.9. The van der Waals surface area contributed by atoms with Gasteiger partial charge in [-0.25, -0.2) is 0 Å². The molecule has 0 aromatic rings. The Kier molecular flexibility index (Phi) is 19.2. The van der Waals surface area contributed by atoms with Gasteiger partial charge in [0.2, 0.25) is 0 Å². The van der Waals surface area contributed by atoms with E-state index in [2.05, 4.69) is 29.8 Å². The number of hydrogen-bond donors (Lipinski definition) is 0. The highest BCUT2D eigenvalue weighted by Crippen LogP contribution is 2.19. The Morgan fingerprint density at radius 2 is 1.33 bits per heavy atom. The molecular formula is C21H41BrO2. The first-order chi connectivity index (χ1) is 11.7. The van der Waals surface area contributed by atoms with Gasteiger partial charge in [0, 0.05) is 11.8 Å². The lowest BCUT2D eigenvalue weighted by Crippen LogP contribution is -2.14. The third kappa shape index (κ3) is 16.8. The zero-order chi connectivity index (χ0) is 17.9. The highest BCUT2D eigenvalue weighted by molar-refractivity contribution is 9.09. The normalized spacial score (nSPS) is 12.3. The molecule has 0 rings (SSSR count). The first-order valence-corrected chi connectivity index (χ1v) is 11.6. The average molecular weight is 405 g/mol. The summed E-state index contributed by atoms with van der Waals surface area (Å²) < 4.78 is 5.57. The van der Waals surface area contributed by atoms with Gasteiger partial charge in [0.25, 0.3) is 0 Å². The molecule has 0 amide bonds. The zero-order valence-corrected chi connectivity index (χ0v) is 17.9. The molecule has 24 heavy (non-hydrogen) atoms. The molecule has 0 fully saturated rings. The van der Waals surface area contributed by atoms with Crippen LogP contribution in [-0.4, -0.2) is 17.9 Å². The molecule has 1 atom stereocenters. The van der Waals surface area contributed by atoms with Gasteiger partial charge in [0.15, 0.2) is 0 Å². The third-order valence-corrected chi connectivity index (χ3v) is 5.24. The standard InChI is InChI=1S/C21H41BrO2/c1-3-5-7-12-16-20(15-11-6-4-2)19-24-21(23)17-13-9-8-10-14-18-22/h20H,3-19H2,1-2H3. The highest BCUT2D eigenvalue weighted by atomic mass is 79.9. The van der Waals surface area contributed by atoms with E-state index in [0.29, 0.717) is 18.9 Å². The van der Waals surface area contributed by atoms with E-state index < -0.39 is 0 Å². The maximum Gasteiger partial charge on any atom is 0.305 e. The van der Waals surface area contributed by atoms with E-state index in [0.717, 1.165) is 18.2 Å². The molecule has 0 aliphatic carbocycles. The van der Waals surface area contributed by atoms with Gasteiger partial charge in [-0.1, -0.05) is 94.0 Å². The molecule has 2 nitrogen and oxygen atoms in total. The van der Waals surface area contributed by atoms with Crippen molar-refractivity contribution in [3.05, 3.63) is 0 Å². The Bertz CT molecular complexity index is 269. The molecule has 0 saturated carbocycles. The van der Waals surface area contributed by atoms with Crippen LogP contribution in [0.2, 0.25) is 0 Å². The van der Waals surface area contributed by atoms with Crippen LogP contribution in [0.25, 0.3) is 0 Å². The van der Waals surface area contributed by atoms with Crippen LogP contribution in [0.5, 0.6) is 0 Å². The fraction of sp³-hybridized carbons (Fsp3) is 0.952. The molecule has 1 unspecified atom stereocenters. The van der Waals surface area contributed by atoms with Crippen LogP contribution in [0, 0.1) is 5.92 Å². The van der Waals surface area contributed by atoms with E-state index in [1.807, 2.05) is 0 Å². The number of halogens is 1.